The first-order valence-corrected chi connectivity index (χ1v) is 5.95. The van der Waals surface area contributed by atoms with E-state index in [0.29, 0.717) is 28.4 Å². The molecule has 90 valence electrons. The molecule has 1 heterocycles. The molecular formula is C11H11Cl2N3O. The summed E-state index contributed by atoms with van der Waals surface area (Å²) in [6, 6.07) is 5.20. The van der Waals surface area contributed by atoms with Crippen LogP contribution in [0.25, 0.3) is 11.5 Å². The SMILES string of the molecule is CCNCc1nnc(-c2ccc(Cl)c(Cl)c2)o1. The number of nitrogens with zero attached hydrogens (tertiary/aromatic N) is 2. The van der Waals surface area contributed by atoms with Crippen LogP contribution in [0.5, 0.6) is 0 Å². The molecule has 0 radical (unpaired) electrons. The van der Waals surface area contributed by atoms with Gasteiger partial charge in [0, 0.05) is 5.56 Å². The van der Waals surface area contributed by atoms with Crippen LogP contribution in [0.2, 0.25) is 10.0 Å². The normalized spacial score (nSPS) is 10.8. The Hall–Kier alpha value is -1.10. The molecule has 0 saturated heterocycles. The first kappa shape index (κ1) is 12.4. The van der Waals surface area contributed by atoms with E-state index in [2.05, 4.69) is 15.5 Å². The van der Waals surface area contributed by atoms with E-state index < -0.39 is 0 Å². The summed E-state index contributed by atoms with van der Waals surface area (Å²) in [4.78, 5) is 0. The van der Waals surface area contributed by atoms with Crippen molar-refractivity contribution >= 4 is 23.2 Å². The van der Waals surface area contributed by atoms with Gasteiger partial charge in [0.15, 0.2) is 0 Å². The highest BCUT2D eigenvalue weighted by molar-refractivity contribution is 6.42. The summed E-state index contributed by atoms with van der Waals surface area (Å²) in [5.41, 5.74) is 0.759. The van der Waals surface area contributed by atoms with Crippen LogP contribution < -0.4 is 5.32 Å². The molecule has 4 nitrogen and oxygen atoms in total. The van der Waals surface area contributed by atoms with Crippen LogP contribution in [-0.2, 0) is 6.54 Å². The molecule has 2 rings (SSSR count). The minimum Gasteiger partial charge on any atom is -0.419 e. The number of halogens is 2. The van der Waals surface area contributed by atoms with Gasteiger partial charge in [-0.15, -0.1) is 10.2 Å². The van der Waals surface area contributed by atoms with E-state index in [9.17, 15) is 0 Å². The lowest BCUT2D eigenvalue weighted by Crippen LogP contribution is -2.11. The van der Waals surface area contributed by atoms with Crippen LogP contribution in [0, 0.1) is 0 Å². The largest absolute Gasteiger partial charge is 0.419 e. The van der Waals surface area contributed by atoms with Crippen LogP contribution in [0.1, 0.15) is 12.8 Å². The van der Waals surface area contributed by atoms with Gasteiger partial charge in [0.25, 0.3) is 0 Å². The van der Waals surface area contributed by atoms with Crippen molar-refractivity contribution in [1.82, 2.24) is 15.5 Å². The number of hydrogen-bond acceptors (Lipinski definition) is 4. The van der Waals surface area contributed by atoms with Gasteiger partial charge in [-0.1, -0.05) is 30.1 Å². The Morgan fingerprint density at radius 2 is 2.06 bits per heavy atom. The van der Waals surface area contributed by atoms with Crippen LogP contribution in [-0.4, -0.2) is 16.7 Å². The molecular weight excluding hydrogens is 261 g/mol. The second-order valence-corrected chi connectivity index (χ2v) is 4.22. The highest BCUT2D eigenvalue weighted by Crippen LogP contribution is 2.27. The lowest BCUT2D eigenvalue weighted by atomic mass is 10.2. The molecule has 0 aliphatic rings. The zero-order chi connectivity index (χ0) is 12.3. The molecule has 1 aromatic heterocycles. The molecule has 6 heteroatoms. The minimum atomic E-state index is 0.441. The number of nitrogens with one attached hydrogen (secondary N) is 1. The number of aromatic nitrogens is 2. The summed E-state index contributed by atoms with van der Waals surface area (Å²) in [5.74, 6) is 0.990. The summed E-state index contributed by atoms with van der Waals surface area (Å²) in [7, 11) is 0. The Bertz CT molecular complexity index is 513. The highest BCUT2D eigenvalue weighted by atomic mass is 35.5. The monoisotopic (exact) mass is 271 g/mol. The van der Waals surface area contributed by atoms with Crippen LogP contribution >= 0.6 is 23.2 Å². The third-order valence-corrected chi connectivity index (χ3v) is 2.90. The summed E-state index contributed by atoms with van der Waals surface area (Å²) >= 11 is 11.8. The first-order valence-electron chi connectivity index (χ1n) is 5.19. The van der Waals surface area contributed by atoms with Gasteiger partial charge in [-0.3, -0.25) is 0 Å². The quantitative estimate of drug-likeness (QED) is 0.928. The molecule has 1 aromatic carbocycles. The van der Waals surface area contributed by atoms with Crippen molar-refractivity contribution in [2.45, 2.75) is 13.5 Å². The van der Waals surface area contributed by atoms with Crippen molar-refractivity contribution in [3.8, 4) is 11.5 Å². The molecule has 0 bridgehead atoms. The van der Waals surface area contributed by atoms with Gasteiger partial charge in [-0.05, 0) is 24.7 Å². The van der Waals surface area contributed by atoms with E-state index >= 15 is 0 Å². The predicted molar refractivity (Wildman–Crippen MR) is 67.1 cm³/mol. The maximum atomic E-state index is 5.92. The molecule has 0 atom stereocenters. The second kappa shape index (κ2) is 5.49. The van der Waals surface area contributed by atoms with Crippen molar-refractivity contribution < 1.29 is 4.42 Å². The Labute approximate surface area is 109 Å². The van der Waals surface area contributed by atoms with Gasteiger partial charge in [-0.25, -0.2) is 0 Å². The van der Waals surface area contributed by atoms with Crippen molar-refractivity contribution in [2.75, 3.05) is 6.54 Å². The Kier molecular flexibility index (Phi) is 3.99. The predicted octanol–water partition coefficient (Wildman–Crippen LogP) is 3.15. The van der Waals surface area contributed by atoms with E-state index in [1.807, 2.05) is 6.92 Å². The highest BCUT2D eigenvalue weighted by Gasteiger charge is 2.09. The molecule has 2 aromatic rings. The second-order valence-electron chi connectivity index (χ2n) is 3.41. The maximum absolute atomic E-state index is 5.92. The van der Waals surface area contributed by atoms with Gasteiger partial charge in [0.1, 0.15) is 0 Å². The van der Waals surface area contributed by atoms with Gasteiger partial charge < -0.3 is 9.73 Å². The molecule has 0 unspecified atom stereocenters. The summed E-state index contributed by atoms with van der Waals surface area (Å²) in [6.45, 7) is 3.42. The van der Waals surface area contributed by atoms with Crippen LogP contribution in [0.15, 0.2) is 22.6 Å². The van der Waals surface area contributed by atoms with Crippen molar-refractivity contribution in [3.05, 3.63) is 34.1 Å². The van der Waals surface area contributed by atoms with Crippen LogP contribution in [0.4, 0.5) is 0 Å². The average Bonchev–Trinajstić information content (AvgIpc) is 2.79. The van der Waals surface area contributed by atoms with E-state index in [0.717, 1.165) is 12.1 Å². The van der Waals surface area contributed by atoms with Gasteiger partial charge in [-0.2, -0.15) is 0 Å². The van der Waals surface area contributed by atoms with E-state index in [1.54, 1.807) is 18.2 Å². The molecule has 0 amide bonds. The first-order chi connectivity index (χ1) is 8.20. The standard InChI is InChI=1S/C11H11Cl2N3O/c1-2-14-6-10-15-16-11(17-10)7-3-4-8(12)9(13)5-7/h3-5,14H,2,6H2,1H3. The molecule has 0 spiro atoms. The topological polar surface area (TPSA) is 51.0 Å². The number of rotatable bonds is 4. The van der Waals surface area contributed by atoms with Crippen LogP contribution in [0.3, 0.4) is 0 Å². The van der Waals surface area contributed by atoms with E-state index in [-0.39, 0.29) is 0 Å². The average molecular weight is 272 g/mol. The number of benzene rings is 1. The molecule has 1 N–H and O–H groups in total. The molecule has 17 heavy (non-hydrogen) atoms. The van der Waals surface area contributed by atoms with Gasteiger partial charge >= 0.3 is 0 Å². The summed E-state index contributed by atoms with van der Waals surface area (Å²) in [6.07, 6.45) is 0. The zero-order valence-electron chi connectivity index (χ0n) is 9.20. The molecule has 0 fully saturated rings. The van der Waals surface area contributed by atoms with Crippen molar-refractivity contribution in [1.29, 1.82) is 0 Å². The summed E-state index contributed by atoms with van der Waals surface area (Å²) < 4.78 is 5.48. The third kappa shape index (κ3) is 2.97. The number of hydrogen-bond donors (Lipinski definition) is 1. The lowest BCUT2D eigenvalue weighted by molar-refractivity contribution is 0.482. The zero-order valence-corrected chi connectivity index (χ0v) is 10.7. The Morgan fingerprint density at radius 3 is 2.76 bits per heavy atom. The van der Waals surface area contributed by atoms with E-state index in [4.69, 9.17) is 27.6 Å². The van der Waals surface area contributed by atoms with Crippen molar-refractivity contribution in [3.63, 3.8) is 0 Å². The lowest BCUT2D eigenvalue weighted by Gasteiger charge is -1.98. The van der Waals surface area contributed by atoms with Gasteiger partial charge in [0.2, 0.25) is 11.8 Å². The fourth-order valence-corrected chi connectivity index (χ4v) is 1.60. The smallest absolute Gasteiger partial charge is 0.247 e. The third-order valence-electron chi connectivity index (χ3n) is 2.16. The fourth-order valence-electron chi connectivity index (χ4n) is 1.30. The minimum absolute atomic E-state index is 0.441. The molecule has 0 aliphatic carbocycles. The Morgan fingerprint density at radius 1 is 1.24 bits per heavy atom. The van der Waals surface area contributed by atoms with Crippen molar-refractivity contribution in [2.24, 2.45) is 0 Å². The van der Waals surface area contributed by atoms with Gasteiger partial charge in [0.05, 0.1) is 16.6 Å². The summed E-state index contributed by atoms with van der Waals surface area (Å²) in [5, 5.41) is 12.0. The maximum Gasteiger partial charge on any atom is 0.247 e. The molecule has 0 saturated carbocycles. The van der Waals surface area contributed by atoms with E-state index in [1.165, 1.54) is 0 Å². The fraction of sp³-hybridized carbons (Fsp3) is 0.273. The Balaban J connectivity index is 2.21. The molecule has 0 aliphatic heterocycles.